The van der Waals surface area contributed by atoms with Crippen molar-refractivity contribution in [3.05, 3.63) is 12.3 Å². The van der Waals surface area contributed by atoms with Gasteiger partial charge in [0.05, 0.1) is 6.26 Å². The summed E-state index contributed by atoms with van der Waals surface area (Å²) < 4.78 is 0. The average Bonchev–Trinajstić information content (AvgIpc) is 2.03. The van der Waals surface area contributed by atoms with Gasteiger partial charge in [0.2, 0.25) is 0 Å². The van der Waals surface area contributed by atoms with Crippen LogP contribution in [0.3, 0.4) is 0 Å². The molecule has 0 saturated carbocycles. The van der Waals surface area contributed by atoms with Gasteiger partial charge in [0.15, 0.2) is 0 Å². The van der Waals surface area contributed by atoms with Crippen molar-refractivity contribution in [1.82, 2.24) is 10.2 Å². The third-order valence-corrected chi connectivity index (χ3v) is 1.68. The number of nitrogens with one attached hydrogen (secondary N) is 1. The van der Waals surface area contributed by atoms with Crippen molar-refractivity contribution in [2.24, 2.45) is 0 Å². The Balaban J connectivity index is 2.13. The minimum absolute atomic E-state index is 0.873. The van der Waals surface area contributed by atoms with E-state index in [0.717, 1.165) is 39.0 Å². The first kappa shape index (κ1) is 7.57. The zero-order valence-corrected chi connectivity index (χ0v) is 6.08. The molecule has 3 nitrogen and oxygen atoms in total. The van der Waals surface area contributed by atoms with Crippen LogP contribution in [0.15, 0.2) is 12.3 Å². The number of aliphatic hydroxyl groups excluding tert-OH is 1. The fraction of sp³-hybridized carbons (Fsp3) is 0.714. The number of hydrogen-bond acceptors (Lipinski definition) is 3. The van der Waals surface area contributed by atoms with Crippen LogP contribution in [-0.2, 0) is 0 Å². The first-order valence-corrected chi connectivity index (χ1v) is 3.66. The molecule has 0 aromatic heterocycles. The Labute approximate surface area is 61.3 Å². The van der Waals surface area contributed by atoms with Gasteiger partial charge >= 0.3 is 0 Å². The van der Waals surface area contributed by atoms with Gasteiger partial charge < -0.3 is 10.4 Å². The van der Waals surface area contributed by atoms with Gasteiger partial charge in [-0.25, -0.2) is 0 Å². The third kappa shape index (κ3) is 2.37. The quantitative estimate of drug-likeness (QED) is 0.531. The molecule has 0 amide bonds. The molecule has 0 bridgehead atoms. The van der Waals surface area contributed by atoms with E-state index >= 15 is 0 Å². The van der Waals surface area contributed by atoms with Crippen LogP contribution in [0.4, 0.5) is 0 Å². The first-order chi connectivity index (χ1) is 4.93. The zero-order valence-electron chi connectivity index (χ0n) is 6.08. The summed E-state index contributed by atoms with van der Waals surface area (Å²) in [7, 11) is 0. The van der Waals surface area contributed by atoms with Gasteiger partial charge in [0.1, 0.15) is 0 Å². The van der Waals surface area contributed by atoms with E-state index in [1.54, 1.807) is 6.08 Å². The Hall–Kier alpha value is -0.540. The van der Waals surface area contributed by atoms with Crippen LogP contribution in [0, 0.1) is 0 Å². The van der Waals surface area contributed by atoms with Gasteiger partial charge in [-0.3, -0.25) is 4.90 Å². The highest BCUT2D eigenvalue weighted by Crippen LogP contribution is 1.90. The molecule has 10 heavy (non-hydrogen) atoms. The fourth-order valence-electron chi connectivity index (χ4n) is 1.09. The number of rotatable bonds is 2. The molecule has 1 saturated heterocycles. The summed E-state index contributed by atoms with van der Waals surface area (Å²) in [6, 6.07) is 0. The van der Waals surface area contributed by atoms with Gasteiger partial charge in [-0.2, -0.15) is 0 Å². The summed E-state index contributed by atoms with van der Waals surface area (Å²) in [5, 5.41) is 11.6. The summed E-state index contributed by atoms with van der Waals surface area (Å²) >= 11 is 0. The summed E-state index contributed by atoms with van der Waals surface area (Å²) in [6.45, 7) is 5.19. The average molecular weight is 142 g/mol. The van der Waals surface area contributed by atoms with Crippen molar-refractivity contribution in [1.29, 1.82) is 0 Å². The van der Waals surface area contributed by atoms with E-state index in [1.807, 2.05) is 0 Å². The van der Waals surface area contributed by atoms with E-state index in [-0.39, 0.29) is 0 Å². The molecule has 0 atom stereocenters. The van der Waals surface area contributed by atoms with Crippen LogP contribution < -0.4 is 5.32 Å². The van der Waals surface area contributed by atoms with Gasteiger partial charge in [0.25, 0.3) is 0 Å². The molecule has 2 N–H and O–H groups in total. The molecule has 0 aromatic carbocycles. The first-order valence-electron chi connectivity index (χ1n) is 3.66. The molecule has 0 unspecified atom stereocenters. The molecule has 0 spiro atoms. The molecular weight excluding hydrogens is 128 g/mol. The molecule has 3 heteroatoms. The molecule has 1 aliphatic heterocycles. The summed E-state index contributed by atoms with van der Waals surface area (Å²) in [4.78, 5) is 2.29. The van der Waals surface area contributed by atoms with Crippen molar-refractivity contribution < 1.29 is 5.11 Å². The highest BCUT2D eigenvalue weighted by atomic mass is 16.2. The van der Waals surface area contributed by atoms with Gasteiger partial charge in [-0.15, -0.1) is 0 Å². The Kier molecular flexibility index (Phi) is 3.26. The Morgan fingerprint density at radius 1 is 1.40 bits per heavy atom. The molecule has 1 aliphatic rings. The largest absolute Gasteiger partial charge is 0.516 e. The Morgan fingerprint density at radius 3 is 2.70 bits per heavy atom. The van der Waals surface area contributed by atoms with Crippen molar-refractivity contribution in [3.8, 4) is 0 Å². The maximum Gasteiger partial charge on any atom is 0.0764 e. The molecule has 1 fully saturated rings. The van der Waals surface area contributed by atoms with Crippen LogP contribution in [0.5, 0.6) is 0 Å². The second-order valence-electron chi connectivity index (χ2n) is 2.44. The standard InChI is InChI=1S/C7H14N2O/c10-7-1-4-9-5-2-8-3-6-9/h1,7-8,10H,2-6H2. The van der Waals surface area contributed by atoms with E-state index in [0.29, 0.717) is 0 Å². The number of aliphatic hydroxyl groups is 1. The van der Waals surface area contributed by atoms with Crippen LogP contribution in [0.2, 0.25) is 0 Å². The molecule has 1 rings (SSSR count). The smallest absolute Gasteiger partial charge is 0.0764 e. The predicted octanol–water partition coefficient (Wildman–Crippen LogP) is -0.0367. The monoisotopic (exact) mass is 142 g/mol. The van der Waals surface area contributed by atoms with Crippen molar-refractivity contribution in [2.45, 2.75) is 0 Å². The number of nitrogens with zero attached hydrogens (tertiary/aromatic N) is 1. The summed E-state index contributed by atoms with van der Waals surface area (Å²) in [5.41, 5.74) is 0. The maximum atomic E-state index is 8.37. The van der Waals surface area contributed by atoms with E-state index in [4.69, 9.17) is 5.11 Å². The van der Waals surface area contributed by atoms with E-state index in [9.17, 15) is 0 Å². The van der Waals surface area contributed by atoms with E-state index < -0.39 is 0 Å². The van der Waals surface area contributed by atoms with E-state index in [2.05, 4.69) is 10.2 Å². The van der Waals surface area contributed by atoms with Crippen LogP contribution in [0.1, 0.15) is 0 Å². The highest BCUT2D eigenvalue weighted by Gasteiger charge is 2.05. The normalized spacial score (nSPS) is 22.0. The van der Waals surface area contributed by atoms with Gasteiger partial charge in [0, 0.05) is 32.7 Å². The SMILES string of the molecule is OC=CCN1CCNCC1. The molecule has 0 aromatic rings. The lowest BCUT2D eigenvalue weighted by molar-refractivity contribution is 0.263. The van der Waals surface area contributed by atoms with Crippen molar-refractivity contribution in [2.75, 3.05) is 32.7 Å². The van der Waals surface area contributed by atoms with Gasteiger partial charge in [-0.1, -0.05) is 0 Å². The predicted molar refractivity (Wildman–Crippen MR) is 41.1 cm³/mol. The summed E-state index contributed by atoms with van der Waals surface area (Å²) in [5.74, 6) is 0. The number of piperazine rings is 1. The summed E-state index contributed by atoms with van der Waals surface area (Å²) in [6.07, 6.45) is 2.88. The second kappa shape index (κ2) is 4.30. The topological polar surface area (TPSA) is 35.5 Å². The molecular formula is C7H14N2O. The Morgan fingerprint density at radius 2 is 2.10 bits per heavy atom. The lowest BCUT2D eigenvalue weighted by atomic mass is 10.3. The minimum Gasteiger partial charge on any atom is -0.516 e. The van der Waals surface area contributed by atoms with Crippen molar-refractivity contribution >= 4 is 0 Å². The maximum absolute atomic E-state index is 8.37. The molecule has 58 valence electrons. The Bertz CT molecular complexity index is 108. The molecule has 0 aliphatic carbocycles. The zero-order chi connectivity index (χ0) is 7.23. The number of hydrogen-bond donors (Lipinski definition) is 2. The lowest BCUT2D eigenvalue weighted by Crippen LogP contribution is -2.43. The van der Waals surface area contributed by atoms with Crippen LogP contribution in [-0.4, -0.2) is 42.7 Å². The molecule has 1 heterocycles. The van der Waals surface area contributed by atoms with Crippen LogP contribution >= 0.6 is 0 Å². The van der Waals surface area contributed by atoms with Gasteiger partial charge in [-0.05, 0) is 6.08 Å². The van der Waals surface area contributed by atoms with Crippen molar-refractivity contribution in [3.63, 3.8) is 0 Å². The third-order valence-electron chi connectivity index (χ3n) is 1.68. The van der Waals surface area contributed by atoms with Crippen LogP contribution in [0.25, 0.3) is 0 Å². The highest BCUT2D eigenvalue weighted by molar-refractivity contribution is 4.79. The fourth-order valence-corrected chi connectivity index (χ4v) is 1.09. The molecule has 0 radical (unpaired) electrons. The lowest BCUT2D eigenvalue weighted by Gasteiger charge is -2.25. The van der Waals surface area contributed by atoms with E-state index in [1.165, 1.54) is 0 Å². The minimum atomic E-state index is 0.873. The second-order valence-corrected chi connectivity index (χ2v) is 2.44.